The lowest BCUT2D eigenvalue weighted by Gasteiger charge is -2.10. The number of imidazole rings is 1. The first-order valence-corrected chi connectivity index (χ1v) is 11.1. The summed E-state index contributed by atoms with van der Waals surface area (Å²) >= 11 is 1.58. The number of para-hydroxylation sites is 1. The first-order valence-electron chi connectivity index (χ1n) is 10.1. The molecule has 1 aromatic carbocycles. The molecule has 5 rings (SSSR count). The summed E-state index contributed by atoms with van der Waals surface area (Å²) in [5.41, 5.74) is 3.90. The van der Waals surface area contributed by atoms with Crippen LogP contribution >= 0.6 is 11.8 Å². The minimum absolute atomic E-state index is 0.00803. The fourth-order valence-electron chi connectivity index (χ4n) is 3.75. The van der Waals surface area contributed by atoms with Crippen molar-refractivity contribution in [2.45, 2.75) is 44.1 Å². The molecule has 4 heterocycles. The van der Waals surface area contributed by atoms with Crippen molar-refractivity contribution < 1.29 is 0 Å². The maximum atomic E-state index is 13.0. The van der Waals surface area contributed by atoms with Crippen LogP contribution in [0, 0.1) is 6.92 Å². The lowest BCUT2D eigenvalue weighted by atomic mass is 10.2. The molecule has 30 heavy (non-hydrogen) atoms. The molecule has 0 radical (unpaired) electrons. The van der Waals surface area contributed by atoms with E-state index in [1.165, 1.54) is 0 Å². The van der Waals surface area contributed by atoms with E-state index < -0.39 is 0 Å². The van der Waals surface area contributed by atoms with Gasteiger partial charge in [0.25, 0.3) is 5.56 Å². The van der Waals surface area contributed by atoms with Crippen LogP contribution in [0.2, 0.25) is 0 Å². The number of nitrogens with zero attached hydrogens (tertiary/aromatic N) is 6. The molecule has 0 amide bonds. The predicted octanol–water partition coefficient (Wildman–Crippen LogP) is 4.09. The summed E-state index contributed by atoms with van der Waals surface area (Å²) in [5.74, 6) is 1.27. The van der Waals surface area contributed by atoms with E-state index in [-0.39, 0.29) is 5.56 Å². The maximum absolute atomic E-state index is 13.0. The quantitative estimate of drug-likeness (QED) is 0.389. The molecule has 0 saturated heterocycles. The standard InChI is InChI=1S/C22H22N6OS/c1-3-4-12-26-20(29)17-9-5-6-10-18(17)28-21(26)24-25-22(28)30-14-16-13-27-15(2)8-7-11-19(27)23-16/h5-11,13H,3-4,12,14H2,1-2H3. The van der Waals surface area contributed by atoms with Crippen molar-refractivity contribution in [1.82, 2.24) is 28.5 Å². The van der Waals surface area contributed by atoms with Gasteiger partial charge in [-0.1, -0.05) is 43.3 Å². The van der Waals surface area contributed by atoms with E-state index in [1.54, 1.807) is 16.3 Å². The van der Waals surface area contributed by atoms with Gasteiger partial charge >= 0.3 is 0 Å². The van der Waals surface area contributed by atoms with Crippen LogP contribution in [0.25, 0.3) is 22.3 Å². The summed E-state index contributed by atoms with van der Waals surface area (Å²) in [4.78, 5) is 17.7. The van der Waals surface area contributed by atoms with E-state index in [0.717, 1.165) is 40.5 Å². The second-order valence-corrected chi connectivity index (χ2v) is 8.30. The van der Waals surface area contributed by atoms with Crippen molar-refractivity contribution in [3.05, 3.63) is 70.4 Å². The van der Waals surface area contributed by atoms with Crippen LogP contribution < -0.4 is 5.56 Å². The van der Waals surface area contributed by atoms with Gasteiger partial charge in [0.15, 0.2) is 5.16 Å². The lowest BCUT2D eigenvalue weighted by Crippen LogP contribution is -2.23. The highest BCUT2D eigenvalue weighted by molar-refractivity contribution is 7.98. The van der Waals surface area contributed by atoms with E-state index in [4.69, 9.17) is 4.98 Å². The van der Waals surface area contributed by atoms with Gasteiger partial charge in [-0.3, -0.25) is 13.8 Å². The molecule has 5 aromatic rings. The average molecular weight is 419 g/mol. The fourth-order valence-corrected chi connectivity index (χ4v) is 4.58. The van der Waals surface area contributed by atoms with Gasteiger partial charge in [0, 0.05) is 24.2 Å². The molecule has 0 fully saturated rings. The highest BCUT2D eigenvalue weighted by Crippen LogP contribution is 2.25. The van der Waals surface area contributed by atoms with Gasteiger partial charge in [-0.2, -0.15) is 0 Å². The zero-order valence-corrected chi connectivity index (χ0v) is 17.8. The molecule has 0 atom stereocenters. The summed E-state index contributed by atoms with van der Waals surface area (Å²) in [6.45, 7) is 4.82. The Morgan fingerprint density at radius 3 is 2.77 bits per heavy atom. The van der Waals surface area contributed by atoms with E-state index in [1.807, 2.05) is 40.8 Å². The molecular formula is C22H22N6OS. The first kappa shape index (κ1) is 18.9. The molecule has 0 aliphatic rings. The van der Waals surface area contributed by atoms with Crippen molar-refractivity contribution in [2.24, 2.45) is 0 Å². The number of hydrogen-bond acceptors (Lipinski definition) is 5. The predicted molar refractivity (Wildman–Crippen MR) is 119 cm³/mol. The molecule has 0 unspecified atom stereocenters. The van der Waals surface area contributed by atoms with Gasteiger partial charge in [-0.15, -0.1) is 10.2 Å². The molecule has 0 spiro atoms. The summed E-state index contributed by atoms with van der Waals surface area (Å²) < 4.78 is 5.84. The van der Waals surface area contributed by atoms with Crippen LogP contribution in [0.3, 0.4) is 0 Å². The molecular weight excluding hydrogens is 396 g/mol. The van der Waals surface area contributed by atoms with Crippen molar-refractivity contribution in [1.29, 1.82) is 0 Å². The van der Waals surface area contributed by atoms with Crippen LogP contribution in [0.1, 0.15) is 31.2 Å². The third-order valence-electron chi connectivity index (χ3n) is 5.31. The maximum Gasteiger partial charge on any atom is 0.262 e. The lowest BCUT2D eigenvalue weighted by molar-refractivity contribution is 0.620. The summed E-state index contributed by atoms with van der Waals surface area (Å²) in [6.07, 6.45) is 3.99. The van der Waals surface area contributed by atoms with E-state index in [2.05, 4.69) is 40.7 Å². The smallest absolute Gasteiger partial charge is 0.262 e. The molecule has 0 saturated carbocycles. The molecule has 8 heteroatoms. The Kier molecular flexibility index (Phi) is 4.78. The monoisotopic (exact) mass is 418 g/mol. The topological polar surface area (TPSA) is 69.5 Å². The number of hydrogen-bond donors (Lipinski definition) is 0. The highest BCUT2D eigenvalue weighted by Gasteiger charge is 2.17. The van der Waals surface area contributed by atoms with Gasteiger partial charge < -0.3 is 4.40 Å². The van der Waals surface area contributed by atoms with Gasteiger partial charge in [0.1, 0.15) is 5.65 Å². The number of benzene rings is 1. The SMILES string of the molecule is CCCCn1c(=O)c2ccccc2n2c(SCc3cn4c(C)cccc4n3)nnc12. The third-order valence-corrected chi connectivity index (χ3v) is 6.27. The molecule has 0 aliphatic carbocycles. The minimum Gasteiger partial charge on any atom is -0.304 e. The number of unbranched alkanes of at least 4 members (excludes halogenated alkanes) is 1. The van der Waals surface area contributed by atoms with Crippen LogP contribution in [0.15, 0.2) is 58.6 Å². The van der Waals surface area contributed by atoms with Gasteiger partial charge in [0.2, 0.25) is 5.78 Å². The Morgan fingerprint density at radius 2 is 1.93 bits per heavy atom. The van der Waals surface area contributed by atoms with Crippen LogP contribution in [0.5, 0.6) is 0 Å². The number of fused-ring (bicyclic) bond motifs is 4. The van der Waals surface area contributed by atoms with Crippen molar-refractivity contribution in [3.8, 4) is 0 Å². The van der Waals surface area contributed by atoms with Crippen LogP contribution in [0.4, 0.5) is 0 Å². The van der Waals surface area contributed by atoms with E-state index >= 15 is 0 Å². The van der Waals surface area contributed by atoms with Gasteiger partial charge in [0.05, 0.1) is 16.6 Å². The second-order valence-electron chi connectivity index (χ2n) is 7.36. The van der Waals surface area contributed by atoms with Crippen molar-refractivity contribution >= 4 is 34.1 Å². The second kappa shape index (κ2) is 7.60. The Morgan fingerprint density at radius 1 is 1.07 bits per heavy atom. The largest absolute Gasteiger partial charge is 0.304 e. The third kappa shape index (κ3) is 3.08. The van der Waals surface area contributed by atoms with Crippen LogP contribution in [-0.2, 0) is 12.3 Å². The number of aryl methyl sites for hydroxylation is 2. The summed E-state index contributed by atoms with van der Waals surface area (Å²) in [6, 6.07) is 13.8. The number of thioether (sulfide) groups is 1. The zero-order valence-electron chi connectivity index (χ0n) is 16.9. The number of rotatable bonds is 6. The minimum atomic E-state index is -0.00803. The Balaban J connectivity index is 1.58. The fraction of sp³-hybridized carbons (Fsp3) is 0.273. The number of aromatic nitrogens is 6. The Labute approximate surface area is 177 Å². The first-order chi connectivity index (χ1) is 14.7. The molecule has 0 aliphatic heterocycles. The Bertz CT molecular complexity index is 1430. The molecule has 0 bridgehead atoms. The molecule has 7 nitrogen and oxygen atoms in total. The van der Waals surface area contributed by atoms with Gasteiger partial charge in [-0.05, 0) is 37.6 Å². The molecule has 4 aromatic heterocycles. The van der Waals surface area contributed by atoms with Crippen LogP contribution in [-0.4, -0.2) is 28.5 Å². The average Bonchev–Trinajstić information content (AvgIpc) is 3.37. The van der Waals surface area contributed by atoms with Crippen molar-refractivity contribution in [3.63, 3.8) is 0 Å². The number of pyridine rings is 1. The normalized spacial score (nSPS) is 11.8. The van der Waals surface area contributed by atoms with Crippen molar-refractivity contribution in [2.75, 3.05) is 0 Å². The zero-order chi connectivity index (χ0) is 20.7. The summed E-state index contributed by atoms with van der Waals surface area (Å²) in [7, 11) is 0. The molecule has 152 valence electrons. The molecule has 0 N–H and O–H groups in total. The van der Waals surface area contributed by atoms with Gasteiger partial charge in [-0.25, -0.2) is 4.98 Å². The highest BCUT2D eigenvalue weighted by atomic mass is 32.2. The van der Waals surface area contributed by atoms with E-state index in [9.17, 15) is 4.79 Å². The Hall–Kier alpha value is -3.13. The summed E-state index contributed by atoms with van der Waals surface area (Å²) in [5, 5.41) is 10.3. The van der Waals surface area contributed by atoms with E-state index in [0.29, 0.717) is 23.5 Å².